The zero-order chi connectivity index (χ0) is 19.2. The fourth-order valence-electron chi connectivity index (χ4n) is 2.78. The van der Waals surface area contributed by atoms with E-state index in [4.69, 9.17) is 4.74 Å². The van der Waals surface area contributed by atoms with Crippen molar-refractivity contribution in [3.05, 3.63) is 102 Å². The molecule has 0 saturated heterocycles. The summed E-state index contributed by atoms with van der Waals surface area (Å²) in [5.74, 6) is 0.416. The second-order valence-electron chi connectivity index (χ2n) is 6.12. The molecule has 0 atom stereocenters. The molecular formula is C22H18N4O2. The van der Waals surface area contributed by atoms with Gasteiger partial charge in [-0.2, -0.15) is 0 Å². The molecule has 0 saturated carbocycles. The second-order valence-corrected chi connectivity index (χ2v) is 6.12. The lowest BCUT2D eigenvalue weighted by atomic mass is 10.2. The number of nitrogens with one attached hydrogen (secondary N) is 1. The number of benzene rings is 3. The zero-order valence-electron chi connectivity index (χ0n) is 15.0. The summed E-state index contributed by atoms with van der Waals surface area (Å²) in [5.41, 5.74) is 2.97. The highest BCUT2D eigenvalue weighted by molar-refractivity contribution is 6.05. The summed E-state index contributed by atoms with van der Waals surface area (Å²) in [7, 11) is 0. The molecule has 0 aliphatic heterocycles. The molecule has 6 nitrogen and oxygen atoms in total. The molecule has 3 aromatic carbocycles. The Morgan fingerprint density at radius 1 is 0.964 bits per heavy atom. The van der Waals surface area contributed by atoms with Crippen molar-refractivity contribution in [3.63, 3.8) is 0 Å². The Bertz CT molecular complexity index is 1060. The van der Waals surface area contributed by atoms with Crippen LogP contribution in [0.25, 0.3) is 5.69 Å². The third-order valence-electron chi connectivity index (χ3n) is 4.17. The predicted octanol–water partition coefficient (Wildman–Crippen LogP) is 4.10. The molecule has 0 spiro atoms. The molecule has 6 heteroatoms. The molecule has 4 rings (SSSR count). The van der Waals surface area contributed by atoms with Crippen LogP contribution in [0.1, 0.15) is 15.9 Å². The second kappa shape index (κ2) is 8.18. The van der Waals surface area contributed by atoms with Gasteiger partial charge in [0.25, 0.3) is 5.91 Å². The summed E-state index contributed by atoms with van der Waals surface area (Å²) in [6.45, 7) is 0.445. The molecular weight excluding hydrogens is 352 g/mol. The number of aromatic nitrogens is 3. The van der Waals surface area contributed by atoms with E-state index in [2.05, 4.69) is 15.6 Å². The van der Waals surface area contributed by atoms with Crippen molar-refractivity contribution >= 4 is 11.6 Å². The Labute approximate surface area is 162 Å². The molecule has 0 unspecified atom stereocenters. The van der Waals surface area contributed by atoms with E-state index in [0.717, 1.165) is 11.3 Å². The number of nitrogens with zero attached hydrogens (tertiary/aromatic N) is 3. The molecule has 0 aliphatic carbocycles. The predicted molar refractivity (Wildman–Crippen MR) is 107 cm³/mol. The Morgan fingerprint density at radius 2 is 1.79 bits per heavy atom. The third kappa shape index (κ3) is 4.07. The molecule has 0 bridgehead atoms. The van der Waals surface area contributed by atoms with Crippen molar-refractivity contribution in [2.75, 3.05) is 5.32 Å². The number of hydrogen-bond acceptors (Lipinski definition) is 4. The van der Waals surface area contributed by atoms with Crippen LogP contribution in [0.3, 0.4) is 0 Å². The molecule has 0 radical (unpaired) electrons. The molecule has 1 heterocycles. The molecule has 4 aromatic rings. The maximum atomic E-state index is 12.8. The van der Waals surface area contributed by atoms with Crippen molar-refractivity contribution in [1.82, 2.24) is 15.0 Å². The van der Waals surface area contributed by atoms with E-state index in [1.165, 1.54) is 0 Å². The van der Waals surface area contributed by atoms with Crippen LogP contribution in [0, 0.1) is 0 Å². The van der Waals surface area contributed by atoms with Gasteiger partial charge in [0.15, 0.2) is 0 Å². The van der Waals surface area contributed by atoms with Crippen LogP contribution < -0.4 is 10.1 Å². The number of carbonyl (C=O) groups is 1. The van der Waals surface area contributed by atoms with Crippen molar-refractivity contribution in [2.24, 2.45) is 0 Å². The van der Waals surface area contributed by atoms with Crippen LogP contribution >= 0.6 is 0 Å². The average molecular weight is 370 g/mol. The van der Waals surface area contributed by atoms with E-state index < -0.39 is 0 Å². The van der Waals surface area contributed by atoms with Gasteiger partial charge >= 0.3 is 0 Å². The van der Waals surface area contributed by atoms with E-state index in [9.17, 15) is 4.79 Å². The first kappa shape index (κ1) is 17.5. The van der Waals surface area contributed by atoms with E-state index in [0.29, 0.717) is 23.6 Å². The number of rotatable bonds is 6. The maximum absolute atomic E-state index is 12.8. The SMILES string of the molecule is O=C(Nc1ccccc1-n1ccnn1)c1cccc(OCc2ccccc2)c1. The van der Waals surface area contributed by atoms with Crippen LogP contribution in [0.2, 0.25) is 0 Å². The average Bonchev–Trinajstić information content (AvgIpc) is 3.28. The van der Waals surface area contributed by atoms with Crippen molar-refractivity contribution in [2.45, 2.75) is 6.61 Å². The Morgan fingerprint density at radius 3 is 2.61 bits per heavy atom. The smallest absolute Gasteiger partial charge is 0.255 e. The Balaban J connectivity index is 1.49. The van der Waals surface area contributed by atoms with Crippen molar-refractivity contribution in [3.8, 4) is 11.4 Å². The van der Waals surface area contributed by atoms with E-state index in [1.54, 1.807) is 35.3 Å². The monoisotopic (exact) mass is 370 g/mol. The van der Waals surface area contributed by atoms with Gasteiger partial charge in [-0.15, -0.1) is 5.10 Å². The van der Waals surface area contributed by atoms with Crippen LogP contribution in [0.4, 0.5) is 5.69 Å². The molecule has 1 N–H and O–H groups in total. The molecule has 138 valence electrons. The topological polar surface area (TPSA) is 69.0 Å². The Kier molecular flexibility index (Phi) is 5.11. The third-order valence-corrected chi connectivity index (χ3v) is 4.17. The van der Waals surface area contributed by atoms with E-state index >= 15 is 0 Å². The zero-order valence-corrected chi connectivity index (χ0v) is 15.0. The molecule has 28 heavy (non-hydrogen) atoms. The summed E-state index contributed by atoms with van der Waals surface area (Å²) < 4.78 is 7.42. The van der Waals surface area contributed by atoms with Crippen LogP contribution in [-0.2, 0) is 6.61 Å². The summed E-state index contributed by atoms with van der Waals surface area (Å²) in [5, 5.41) is 10.7. The standard InChI is InChI=1S/C22H18N4O2/c27-22(24-20-11-4-5-12-21(20)26-14-13-23-25-26)18-9-6-10-19(15-18)28-16-17-7-2-1-3-8-17/h1-15H,16H2,(H,24,27). The van der Waals surface area contributed by atoms with E-state index in [-0.39, 0.29) is 5.91 Å². The van der Waals surface area contributed by atoms with Gasteiger partial charge in [-0.05, 0) is 35.9 Å². The highest BCUT2D eigenvalue weighted by atomic mass is 16.5. The first-order chi connectivity index (χ1) is 13.8. The minimum Gasteiger partial charge on any atom is -0.489 e. The van der Waals surface area contributed by atoms with Crippen molar-refractivity contribution in [1.29, 1.82) is 0 Å². The van der Waals surface area contributed by atoms with Gasteiger partial charge in [0.1, 0.15) is 12.4 Å². The quantitative estimate of drug-likeness (QED) is 0.555. The highest BCUT2D eigenvalue weighted by Crippen LogP contribution is 2.21. The van der Waals surface area contributed by atoms with Gasteiger partial charge < -0.3 is 10.1 Å². The first-order valence-electron chi connectivity index (χ1n) is 8.83. The van der Waals surface area contributed by atoms with Crippen LogP contribution in [0.15, 0.2) is 91.3 Å². The lowest BCUT2D eigenvalue weighted by Gasteiger charge is -2.11. The van der Waals surface area contributed by atoms with Crippen molar-refractivity contribution < 1.29 is 9.53 Å². The molecule has 1 amide bonds. The van der Waals surface area contributed by atoms with Gasteiger partial charge in [-0.3, -0.25) is 4.79 Å². The summed E-state index contributed by atoms with van der Waals surface area (Å²) >= 11 is 0. The molecule has 0 aliphatic rings. The van der Waals surface area contributed by atoms with Gasteiger partial charge in [0, 0.05) is 5.56 Å². The highest BCUT2D eigenvalue weighted by Gasteiger charge is 2.11. The molecule has 0 fully saturated rings. The largest absolute Gasteiger partial charge is 0.489 e. The van der Waals surface area contributed by atoms with Gasteiger partial charge in [0.05, 0.1) is 23.8 Å². The number of hydrogen-bond donors (Lipinski definition) is 1. The summed E-state index contributed by atoms with van der Waals surface area (Å²) in [4.78, 5) is 12.8. The number of carbonyl (C=O) groups excluding carboxylic acids is 1. The summed E-state index contributed by atoms with van der Waals surface area (Å²) in [6.07, 6.45) is 3.31. The Hall–Kier alpha value is -3.93. The molecule has 1 aromatic heterocycles. The number of para-hydroxylation sites is 2. The normalized spacial score (nSPS) is 10.4. The number of anilines is 1. The minimum atomic E-state index is -0.224. The number of ether oxygens (including phenoxy) is 1. The van der Waals surface area contributed by atoms with Gasteiger partial charge in [-0.25, -0.2) is 4.68 Å². The van der Waals surface area contributed by atoms with Crippen LogP contribution in [0.5, 0.6) is 5.75 Å². The maximum Gasteiger partial charge on any atom is 0.255 e. The lowest BCUT2D eigenvalue weighted by molar-refractivity contribution is 0.102. The lowest BCUT2D eigenvalue weighted by Crippen LogP contribution is -2.14. The van der Waals surface area contributed by atoms with E-state index in [1.807, 2.05) is 60.7 Å². The fraction of sp³-hybridized carbons (Fsp3) is 0.0455. The van der Waals surface area contributed by atoms with Gasteiger partial charge in [-0.1, -0.05) is 53.7 Å². The number of amides is 1. The summed E-state index contributed by atoms with van der Waals surface area (Å²) in [6, 6.07) is 24.4. The minimum absolute atomic E-state index is 0.224. The fourth-order valence-corrected chi connectivity index (χ4v) is 2.78. The van der Waals surface area contributed by atoms with Crippen LogP contribution in [-0.4, -0.2) is 20.9 Å². The first-order valence-corrected chi connectivity index (χ1v) is 8.83. The van der Waals surface area contributed by atoms with Gasteiger partial charge in [0.2, 0.25) is 0 Å².